The van der Waals surface area contributed by atoms with Gasteiger partial charge in [-0.1, -0.05) is 0 Å². The first-order valence-electron chi connectivity index (χ1n) is 5.05. The van der Waals surface area contributed by atoms with E-state index >= 15 is 0 Å². The van der Waals surface area contributed by atoms with Gasteiger partial charge in [-0.05, 0) is 19.4 Å². The predicted octanol–water partition coefficient (Wildman–Crippen LogP) is 0.361. The number of aliphatic hydroxyl groups is 2. The molecule has 0 fully saturated rings. The van der Waals surface area contributed by atoms with Crippen molar-refractivity contribution in [1.82, 2.24) is 4.98 Å². The fourth-order valence-electron chi connectivity index (χ4n) is 1.35. The number of ether oxygens (including phenoxy) is 1. The third-order valence-corrected chi connectivity index (χ3v) is 2.31. The SMILES string of the molecule is Cc1cc(OCC(O)CO)nc(C)c1C[O]. The highest BCUT2D eigenvalue weighted by Gasteiger charge is 2.09. The molecule has 1 radical (unpaired) electrons. The summed E-state index contributed by atoms with van der Waals surface area (Å²) < 4.78 is 5.20. The first-order chi connectivity index (χ1) is 7.58. The number of aliphatic hydroxyl groups excluding tert-OH is 2. The van der Waals surface area contributed by atoms with Crippen molar-refractivity contribution in [3.63, 3.8) is 0 Å². The molecule has 1 heterocycles. The minimum Gasteiger partial charge on any atom is -0.475 e. The van der Waals surface area contributed by atoms with Gasteiger partial charge in [0.15, 0.2) is 0 Å². The van der Waals surface area contributed by atoms with Gasteiger partial charge in [0.2, 0.25) is 5.88 Å². The van der Waals surface area contributed by atoms with Crippen molar-refractivity contribution in [3.8, 4) is 5.88 Å². The van der Waals surface area contributed by atoms with E-state index in [1.54, 1.807) is 13.0 Å². The molecule has 0 saturated heterocycles. The molecule has 0 saturated carbocycles. The van der Waals surface area contributed by atoms with Crippen LogP contribution in [-0.4, -0.2) is 34.5 Å². The first-order valence-corrected chi connectivity index (χ1v) is 5.05. The van der Waals surface area contributed by atoms with Gasteiger partial charge in [0, 0.05) is 17.3 Å². The van der Waals surface area contributed by atoms with E-state index in [-0.39, 0.29) is 19.8 Å². The third kappa shape index (κ3) is 3.16. The minimum absolute atomic E-state index is 0.0148. The van der Waals surface area contributed by atoms with E-state index in [1.807, 2.05) is 6.92 Å². The Hall–Kier alpha value is -1.17. The number of rotatable bonds is 5. The smallest absolute Gasteiger partial charge is 0.213 e. The molecule has 1 aromatic heterocycles. The molecule has 1 atom stereocenters. The molecule has 5 heteroatoms. The maximum atomic E-state index is 10.8. The van der Waals surface area contributed by atoms with E-state index in [0.29, 0.717) is 17.1 Å². The number of hydrogen-bond donors (Lipinski definition) is 2. The summed E-state index contributed by atoms with van der Waals surface area (Å²) in [6.07, 6.45) is -0.915. The van der Waals surface area contributed by atoms with Crippen LogP contribution in [0.2, 0.25) is 0 Å². The molecule has 0 aliphatic rings. The average Bonchev–Trinajstić information content (AvgIpc) is 2.25. The van der Waals surface area contributed by atoms with Crippen LogP contribution in [0.1, 0.15) is 16.8 Å². The second-order valence-electron chi connectivity index (χ2n) is 3.63. The fraction of sp³-hybridized carbons (Fsp3) is 0.545. The molecular weight excluding hydrogens is 210 g/mol. The summed E-state index contributed by atoms with van der Waals surface area (Å²) in [5.74, 6) is 0.361. The highest BCUT2D eigenvalue weighted by Crippen LogP contribution is 2.18. The van der Waals surface area contributed by atoms with Crippen LogP contribution in [0.25, 0.3) is 0 Å². The van der Waals surface area contributed by atoms with Gasteiger partial charge in [0.25, 0.3) is 0 Å². The maximum Gasteiger partial charge on any atom is 0.213 e. The quantitative estimate of drug-likeness (QED) is 0.759. The highest BCUT2D eigenvalue weighted by atomic mass is 16.5. The zero-order valence-corrected chi connectivity index (χ0v) is 9.43. The van der Waals surface area contributed by atoms with Gasteiger partial charge in [0.05, 0.1) is 6.61 Å². The molecule has 16 heavy (non-hydrogen) atoms. The van der Waals surface area contributed by atoms with E-state index in [1.165, 1.54) is 0 Å². The number of aromatic nitrogens is 1. The molecule has 0 aliphatic carbocycles. The van der Waals surface area contributed by atoms with Crippen molar-refractivity contribution in [2.24, 2.45) is 0 Å². The van der Waals surface area contributed by atoms with Gasteiger partial charge in [-0.15, -0.1) is 0 Å². The molecule has 0 aromatic carbocycles. The summed E-state index contributed by atoms with van der Waals surface area (Å²) in [6.45, 7) is 2.90. The van der Waals surface area contributed by atoms with Gasteiger partial charge >= 0.3 is 0 Å². The van der Waals surface area contributed by atoms with Crippen molar-refractivity contribution < 1.29 is 20.1 Å². The molecule has 0 aliphatic heterocycles. The molecule has 1 unspecified atom stereocenters. The minimum atomic E-state index is -0.915. The van der Waals surface area contributed by atoms with Crippen molar-refractivity contribution >= 4 is 0 Å². The van der Waals surface area contributed by atoms with Gasteiger partial charge < -0.3 is 14.9 Å². The van der Waals surface area contributed by atoms with Crippen LogP contribution in [0.15, 0.2) is 6.07 Å². The van der Waals surface area contributed by atoms with Gasteiger partial charge in [-0.2, -0.15) is 0 Å². The Balaban J connectivity index is 2.76. The van der Waals surface area contributed by atoms with E-state index in [0.717, 1.165) is 5.56 Å². The Morgan fingerprint density at radius 3 is 2.69 bits per heavy atom. The van der Waals surface area contributed by atoms with E-state index in [4.69, 9.17) is 14.9 Å². The summed E-state index contributed by atoms with van der Waals surface area (Å²) in [7, 11) is 0. The number of nitrogens with zero attached hydrogens (tertiary/aromatic N) is 1. The summed E-state index contributed by atoms with van der Waals surface area (Å²) in [5, 5.41) is 28.6. The van der Waals surface area contributed by atoms with Crippen LogP contribution < -0.4 is 4.74 Å². The lowest BCUT2D eigenvalue weighted by molar-refractivity contribution is 0.0520. The fourth-order valence-corrected chi connectivity index (χ4v) is 1.35. The van der Waals surface area contributed by atoms with Crippen LogP contribution in [0, 0.1) is 13.8 Å². The van der Waals surface area contributed by atoms with Gasteiger partial charge in [-0.25, -0.2) is 10.1 Å². The lowest BCUT2D eigenvalue weighted by atomic mass is 10.1. The summed E-state index contributed by atoms with van der Waals surface area (Å²) >= 11 is 0. The molecule has 0 amide bonds. The molecule has 1 aromatic rings. The molecule has 2 N–H and O–H groups in total. The zero-order valence-electron chi connectivity index (χ0n) is 9.43. The number of aryl methyl sites for hydroxylation is 2. The monoisotopic (exact) mass is 226 g/mol. The highest BCUT2D eigenvalue weighted by molar-refractivity contribution is 5.32. The molecule has 1 rings (SSSR count). The Morgan fingerprint density at radius 2 is 2.19 bits per heavy atom. The second-order valence-corrected chi connectivity index (χ2v) is 3.63. The van der Waals surface area contributed by atoms with Crippen molar-refractivity contribution in [3.05, 3.63) is 22.9 Å². The first kappa shape index (κ1) is 12.9. The maximum absolute atomic E-state index is 10.8. The predicted molar refractivity (Wildman–Crippen MR) is 56.7 cm³/mol. The van der Waals surface area contributed by atoms with Crippen molar-refractivity contribution in [1.29, 1.82) is 0 Å². The summed E-state index contributed by atoms with van der Waals surface area (Å²) in [5.41, 5.74) is 2.15. The topological polar surface area (TPSA) is 82.5 Å². The standard InChI is InChI=1S/C11H16NO4/c1-7-3-11(16-6-9(15)4-13)12-8(2)10(7)5-14/h3,9,13,15H,4-6H2,1-2H3. The van der Waals surface area contributed by atoms with Crippen LogP contribution in [0.3, 0.4) is 0 Å². The zero-order chi connectivity index (χ0) is 12.1. The molecule has 89 valence electrons. The largest absolute Gasteiger partial charge is 0.475 e. The number of hydrogen-bond acceptors (Lipinski definition) is 4. The molecular formula is C11H16NO4. The van der Waals surface area contributed by atoms with E-state index < -0.39 is 6.10 Å². The van der Waals surface area contributed by atoms with Crippen LogP contribution in [0.4, 0.5) is 0 Å². The molecule has 0 spiro atoms. The van der Waals surface area contributed by atoms with E-state index in [2.05, 4.69) is 4.98 Å². The Bertz CT molecular complexity index is 331. The summed E-state index contributed by atoms with van der Waals surface area (Å²) in [6, 6.07) is 1.66. The summed E-state index contributed by atoms with van der Waals surface area (Å²) in [4.78, 5) is 4.10. The molecule has 5 nitrogen and oxygen atoms in total. The van der Waals surface area contributed by atoms with Crippen LogP contribution >= 0.6 is 0 Å². The lowest BCUT2D eigenvalue weighted by Crippen LogP contribution is -2.21. The second kappa shape index (κ2) is 5.79. The van der Waals surface area contributed by atoms with Gasteiger partial charge in [0.1, 0.15) is 19.3 Å². The normalized spacial score (nSPS) is 12.6. The Morgan fingerprint density at radius 1 is 1.50 bits per heavy atom. The van der Waals surface area contributed by atoms with Gasteiger partial charge in [-0.3, -0.25) is 0 Å². The Labute approximate surface area is 94.3 Å². The van der Waals surface area contributed by atoms with E-state index in [9.17, 15) is 5.11 Å². The van der Waals surface area contributed by atoms with Crippen molar-refractivity contribution in [2.45, 2.75) is 26.6 Å². The third-order valence-electron chi connectivity index (χ3n) is 2.31. The Kier molecular flexibility index (Phi) is 4.67. The lowest BCUT2D eigenvalue weighted by Gasteiger charge is -2.12. The number of pyridine rings is 1. The van der Waals surface area contributed by atoms with Crippen LogP contribution in [-0.2, 0) is 11.7 Å². The average molecular weight is 226 g/mol. The van der Waals surface area contributed by atoms with Crippen molar-refractivity contribution in [2.75, 3.05) is 13.2 Å². The van der Waals surface area contributed by atoms with Crippen LogP contribution in [0.5, 0.6) is 5.88 Å². The molecule has 0 bridgehead atoms.